The molecule has 0 saturated heterocycles. The van der Waals surface area contributed by atoms with E-state index in [-0.39, 0.29) is 5.91 Å². The zero-order chi connectivity index (χ0) is 18.6. The second-order valence-electron chi connectivity index (χ2n) is 5.94. The Morgan fingerprint density at radius 3 is 2.78 bits per heavy atom. The third-order valence-electron chi connectivity index (χ3n) is 4.06. The van der Waals surface area contributed by atoms with E-state index in [9.17, 15) is 4.79 Å². The second kappa shape index (κ2) is 8.17. The summed E-state index contributed by atoms with van der Waals surface area (Å²) in [5.41, 5.74) is 2.33. The molecule has 0 aliphatic carbocycles. The number of carbonyl (C=O) groups excluding carboxylic acids is 1. The Hall–Kier alpha value is -2.28. The van der Waals surface area contributed by atoms with Crippen molar-refractivity contribution >= 4 is 56.6 Å². The van der Waals surface area contributed by atoms with Crippen LogP contribution < -0.4 is 5.32 Å². The Labute approximate surface area is 170 Å². The van der Waals surface area contributed by atoms with Gasteiger partial charge in [-0.05, 0) is 23.8 Å². The third kappa shape index (κ3) is 4.35. The fourth-order valence-electron chi connectivity index (χ4n) is 2.83. The molecule has 0 aliphatic rings. The lowest BCUT2D eigenvalue weighted by Crippen LogP contribution is -2.13. The molecular weight excluding hydrogens is 398 g/mol. The molecule has 0 saturated carbocycles. The smallest absolute Gasteiger partial charge is 0.236 e. The summed E-state index contributed by atoms with van der Waals surface area (Å²) in [5, 5.41) is 7.18. The van der Waals surface area contributed by atoms with Gasteiger partial charge in [0.2, 0.25) is 5.91 Å². The van der Waals surface area contributed by atoms with E-state index in [2.05, 4.69) is 33.2 Å². The summed E-state index contributed by atoms with van der Waals surface area (Å²) in [7, 11) is 0. The number of thiazole rings is 1. The van der Waals surface area contributed by atoms with Gasteiger partial charge in [-0.2, -0.15) is 0 Å². The Morgan fingerprint density at radius 1 is 1.19 bits per heavy atom. The first-order chi connectivity index (χ1) is 13.2. The van der Waals surface area contributed by atoms with Crippen LogP contribution >= 0.6 is 34.7 Å². The van der Waals surface area contributed by atoms with E-state index in [1.807, 2.05) is 41.8 Å². The number of hydrogen-bond donors (Lipinski definition) is 1. The Morgan fingerprint density at radius 2 is 2.00 bits per heavy atom. The standard InChI is InChI=1S/C20H16ClN3OS2/c21-15-7-5-14(6-8-15)11-24-12-18(16-3-1-2-4-17(16)24)27-13-19(25)23-20-22-9-10-26-20/h1-10,12H,11,13H2,(H,22,23,25). The molecule has 0 atom stereocenters. The van der Waals surface area contributed by atoms with Crippen molar-refractivity contribution in [2.45, 2.75) is 11.4 Å². The summed E-state index contributed by atoms with van der Waals surface area (Å²) >= 11 is 8.94. The number of nitrogens with one attached hydrogen (secondary N) is 1. The van der Waals surface area contributed by atoms with E-state index in [0.717, 1.165) is 27.4 Å². The minimum Gasteiger partial charge on any atom is -0.342 e. The van der Waals surface area contributed by atoms with Crippen LogP contribution in [0.1, 0.15) is 5.56 Å². The predicted octanol–water partition coefficient (Wildman–Crippen LogP) is 5.53. The Bertz CT molecular complexity index is 1060. The molecular formula is C20H16ClN3OS2. The number of para-hydroxylation sites is 1. The van der Waals surface area contributed by atoms with Gasteiger partial charge in [-0.3, -0.25) is 4.79 Å². The number of thioether (sulfide) groups is 1. The molecule has 0 radical (unpaired) electrons. The Kier molecular flexibility index (Phi) is 5.48. The molecule has 1 N–H and O–H groups in total. The van der Waals surface area contributed by atoms with Gasteiger partial charge in [0, 0.05) is 45.1 Å². The molecule has 4 nitrogen and oxygen atoms in total. The van der Waals surface area contributed by atoms with Crippen LogP contribution in [0.15, 0.2) is 71.2 Å². The molecule has 2 aromatic carbocycles. The molecule has 27 heavy (non-hydrogen) atoms. The summed E-state index contributed by atoms with van der Waals surface area (Å²) in [4.78, 5) is 17.3. The highest BCUT2D eigenvalue weighted by Gasteiger charge is 2.12. The number of hydrogen-bond acceptors (Lipinski definition) is 4. The van der Waals surface area contributed by atoms with Crippen LogP contribution in [0, 0.1) is 0 Å². The minimum absolute atomic E-state index is 0.0514. The van der Waals surface area contributed by atoms with Crippen molar-refractivity contribution in [2.24, 2.45) is 0 Å². The first kappa shape index (κ1) is 18.1. The summed E-state index contributed by atoms with van der Waals surface area (Å²) in [5.74, 6) is 0.290. The number of fused-ring (bicyclic) bond motifs is 1. The largest absolute Gasteiger partial charge is 0.342 e. The molecule has 0 spiro atoms. The summed E-state index contributed by atoms with van der Waals surface area (Å²) in [6, 6.07) is 16.1. The fraction of sp³-hybridized carbons (Fsp3) is 0.100. The lowest BCUT2D eigenvalue weighted by Gasteiger charge is -2.05. The molecule has 0 aliphatic heterocycles. The van der Waals surface area contributed by atoms with Gasteiger partial charge in [0.1, 0.15) is 0 Å². The molecule has 0 unspecified atom stereocenters. The number of benzene rings is 2. The first-order valence-electron chi connectivity index (χ1n) is 8.33. The highest BCUT2D eigenvalue weighted by atomic mass is 35.5. The van der Waals surface area contributed by atoms with Crippen molar-refractivity contribution in [1.29, 1.82) is 0 Å². The maximum absolute atomic E-state index is 12.2. The Balaban J connectivity index is 1.52. The van der Waals surface area contributed by atoms with E-state index in [0.29, 0.717) is 10.9 Å². The second-order valence-corrected chi connectivity index (χ2v) is 8.29. The summed E-state index contributed by atoms with van der Waals surface area (Å²) < 4.78 is 2.21. The van der Waals surface area contributed by atoms with Crippen LogP contribution in [0.2, 0.25) is 5.02 Å². The molecule has 0 fully saturated rings. The van der Waals surface area contributed by atoms with Crippen molar-refractivity contribution in [2.75, 3.05) is 11.1 Å². The van der Waals surface area contributed by atoms with Crippen LogP contribution in [0.5, 0.6) is 0 Å². The van der Waals surface area contributed by atoms with Gasteiger partial charge in [-0.15, -0.1) is 23.1 Å². The van der Waals surface area contributed by atoms with Crippen LogP contribution in [-0.2, 0) is 11.3 Å². The average molecular weight is 414 g/mol. The van der Waals surface area contributed by atoms with Crippen LogP contribution in [0.25, 0.3) is 10.9 Å². The van der Waals surface area contributed by atoms with Crippen LogP contribution in [0.3, 0.4) is 0 Å². The molecule has 136 valence electrons. The molecule has 4 rings (SSSR count). The minimum atomic E-state index is -0.0514. The molecule has 0 bridgehead atoms. The molecule has 7 heteroatoms. The van der Waals surface area contributed by atoms with E-state index in [1.54, 1.807) is 6.20 Å². The van der Waals surface area contributed by atoms with Gasteiger partial charge in [-0.1, -0.05) is 41.9 Å². The number of anilines is 1. The molecule has 1 amide bonds. The van der Waals surface area contributed by atoms with Gasteiger partial charge in [0.05, 0.1) is 5.75 Å². The van der Waals surface area contributed by atoms with Gasteiger partial charge < -0.3 is 9.88 Å². The van der Waals surface area contributed by atoms with Crippen LogP contribution in [-0.4, -0.2) is 21.2 Å². The van der Waals surface area contributed by atoms with E-state index in [4.69, 9.17) is 11.6 Å². The summed E-state index contributed by atoms with van der Waals surface area (Å²) in [6.07, 6.45) is 3.79. The number of halogens is 1. The van der Waals surface area contributed by atoms with Crippen molar-refractivity contribution in [3.05, 3.63) is 76.9 Å². The van der Waals surface area contributed by atoms with Crippen molar-refractivity contribution in [1.82, 2.24) is 9.55 Å². The van der Waals surface area contributed by atoms with Crippen molar-refractivity contribution < 1.29 is 4.79 Å². The fourth-order valence-corrected chi connectivity index (χ4v) is 4.39. The van der Waals surface area contributed by atoms with E-state index in [1.165, 1.54) is 28.7 Å². The van der Waals surface area contributed by atoms with Gasteiger partial charge in [0.25, 0.3) is 0 Å². The highest BCUT2D eigenvalue weighted by Crippen LogP contribution is 2.30. The first-order valence-corrected chi connectivity index (χ1v) is 10.6. The van der Waals surface area contributed by atoms with Crippen molar-refractivity contribution in [3.8, 4) is 0 Å². The number of nitrogens with zero attached hydrogens (tertiary/aromatic N) is 2. The SMILES string of the molecule is O=C(CSc1cn(Cc2ccc(Cl)cc2)c2ccccc12)Nc1nccs1. The summed E-state index contributed by atoms with van der Waals surface area (Å²) in [6.45, 7) is 0.754. The number of carbonyl (C=O) groups is 1. The number of amides is 1. The van der Waals surface area contributed by atoms with E-state index < -0.39 is 0 Å². The van der Waals surface area contributed by atoms with Gasteiger partial charge in [0.15, 0.2) is 5.13 Å². The van der Waals surface area contributed by atoms with Gasteiger partial charge >= 0.3 is 0 Å². The number of aromatic nitrogens is 2. The highest BCUT2D eigenvalue weighted by molar-refractivity contribution is 8.00. The van der Waals surface area contributed by atoms with Crippen LogP contribution in [0.4, 0.5) is 5.13 Å². The zero-order valence-electron chi connectivity index (χ0n) is 14.3. The topological polar surface area (TPSA) is 46.9 Å². The maximum Gasteiger partial charge on any atom is 0.236 e. The predicted molar refractivity (Wildman–Crippen MR) is 114 cm³/mol. The molecule has 2 heterocycles. The molecule has 2 aromatic heterocycles. The monoisotopic (exact) mass is 413 g/mol. The van der Waals surface area contributed by atoms with Crippen molar-refractivity contribution in [3.63, 3.8) is 0 Å². The number of rotatable bonds is 6. The zero-order valence-corrected chi connectivity index (χ0v) is 16.7. The lowest BCUT2D eigenvalue weighted by molar-refractivity contribution is -0.113. The normalized spacial score (nSPS) is 11.0. The quantitative estimate of drug-likeness (QED) is 0.423. The maximum atomic E-state index is 12.2. The lowest BCUT2D eigenvalue weighted by atomic mass is 10.2. The van der Waals surface area contributed by atoms with Gasteiger partial charge in [-0.25, -0.2) is 4.98 Å². The molecule has 4 aromatic rings. The average Bonchev–Trinajstić information content (AvgIpc) is 3.30. The third-order valence-corrected chi connectivity index (χ3v) is 6.04. The van der Waals surface area contributed by atoms with E-state index >= 15 is 0 Å².